The summed E-state index contributed by atoms with van der Waals surface area (Å²) in [5.74, 6) is 0.963. The first kappa shape index (κ1) is 12.0. The lowest BCUT2D eigenvalue weighted by atomic mass is 9.78. The molecule has 0 spiro atoms. The van der Waals surface area contributed by atoms with Crippen LogP contribution < -0.4 is 0 Å². The van der Waals surface area contributed by atoms with Crippen molar-refractivity contribution in [3.63, 3.8) is 0 Å². The summed E-state index contributed by atoms with van der Waals surface area (Å²) in [6.07, 6.45) is 6.84. The fourth-order valence-corrected chi connectivity index (χ4v) is 1.78. The highest BCUT2D eigenvalue weighted by Crippen LogP contribution is 2.32. The maximum Gasteiger partial charge on any atom is -0.0354 e. The first-order chi connectivity index (χ1) is 5.55. The Hall–Kier alpha value is 0. The zero-order valence-corrected chi connectivity index (χ0v) is 9.61. The largest absolute Gasteiger partial charge is 0.0654 e. The van der Waals surface area contributed by atoms with Crippen LogP contribution in [0.3, 0.4) is 0 Å². The average molecular weight is 170 g/mol. The maximum atomic E-state index is 2.39. The third-order valence-electron chi connectivity index (χ3n) is 3.07. The van der Waals surface area contributed by atoms with E-state index in [9.17, 15) is 0 Å². The van der Waals surface area contributed by atoms with E-state index in [1.165, 1.54) is 32.1 Å². The zero-order valence-electron chi connectivity index (χ0n) is 9.61. The van der Waals surface area contributed by atoms with Crippen molar-refractivity contribution in [3.8, 4) is 0 Å². The third kappa shape index (κ3) is 4.79. The summed E-state index contributed by atoms with van der Waals surface area (Å²) in [6, 6.07) is 0. The van der Waals surface area contributed by atoms with Crippen LogP contribution in [-0.4, -0.2) is 0 Å². The highest BCUT2D eigenvalue weighted by Gasteiger charge is 2.19. The lowest BCUT2D eigenvalue weighted by Crippen LogP contribution is -2.15. The Balaban J connectivity index is 3.83. The molecule has 12 heavy (non-hydrogen) atoms. The molecule has 0 heterocycles. The van der Waals surface area contributed by atoms with Gasteiger partial charge < -0.3 is 0 Å². The van der Waals surface area contributed by atoms with Gasteiger partial charge in [0.2, 0.25) is 0 Å². The molecule has 0 aromatic carbocycles. The molecule has 0 heteroatoms. The van der Waals surface area contributed by atoms with Crippen molar-refractivity contribution in [3.05, 3.63) is 0 Å². The van der Waals surface area contributed by atoms with Crippen molar-refractivity contribution in [2.24, 2.45) is 11.3 Å². The maximum absolute atomic E-state index is 2.39. The van der Waals surface area contributed by atoms with E-state index in [-0.39, 0.29) is 0 Å². The molecule has 0 nitrogen and oxygen atoms in total. The van der Waals surface area contributed by atoms with E-state index in [1.807, 2.05) is 0 Å². The summed E-state index contributed by atoms with van der Waals surface area (Å²) in [4.78, 5) is 0. The predicted octanol–water partition coefficient (Wildman–Crippen LogP) is 4.64. The van der Waals surface area contributed by atoms with Crippen LogP contribution in [0, 0.1) is 11.3 Å². The van der Waals surface area contributed by atoms with E-state index in [2.05, 4.69) is 34.6 Å². The van der Waals surface area contributed by atoms with Gasteiger partial charge in [0, 0.05) is 0 Å². The van der Waals surface area contributed by atoms with Gasteiger partial charge in [-0.05, 0) is 17.8 Å². The van der Waals surface area contributed by atoms with Crippen molar-refractivity contribution in [2.45, 2.75) is 66.7 Å². The molecule has 0 saturated carbocycles. The minimum Gasteiger partial charge on any atom is -0.0654 e. The highest BCUT2D eigenvalue weighted by atomic mass is 14.2. The van der Waals surface area contributed by atoms with Gasteiger partial charge in [-0.15, -0.1) is 0 Å². The van der Waals surface area contributed by atoms with E-state index in [1.54, 1.807) is 0 Å². The number of rotatable bonds is 6. The van der Waals surface area contributed by atoms with Crippen LogP contribution in [0.1, 0.15) is 66.7 Å². The van der Waals surface area contributed by atoms with E-state index < -0.39 is 0 Å². The van der Waals surface area contributed by atoms with Gasteiger partial charge in [-0.3, -0.25) is 0 Å². The van der Waals surface area contributed by atoms with Crippen molar-refractivity contribution in [1.29, 1.82) is 0 Å². The molecule has 1 unspecified atom stereocenters. The van der Waals surface area contributed by atoms with E-state index in [0.29, 0.717) is 5.41 Å². The lowest BCUT2D eigenvalue weighted by molar-refractivity contribution is 0.242. The van der Waals surface area contributed by atoms with Gasteiger partial charge in [-0.2, -0.15) is 0 Å². The first-order valence-corrected chi connectivity index (χ1v) is 5.55. The zero-order chi connectivity index (χ0) is 9.61. The van der Waals surface area contributed by atoms with Crippen molar-refractivity contribution < 1.29 is 0 Å². The molecule has 0 N–H and O–H groups in total. The summed E-state index contributed by atoms with van der Waals surface area (Å²) in [5, 5.41) is 0. The molecule has 0 aliphatic rings. The molecule has 0 aromatic rings. The molecular formula is C12H26. The summed E-state index contributed by atoms with van der Waals surface area (Å²) in [5.41, 5.74) is 0.565. The predicted molar refractivity (Wildman–Crippen MR) is 57.4 cm³/mol. The molecule has 0 fully saturated rings. The van der Waals surface area contributed by atoms with Gasteiger partial charge in [0.1, 0.15) is 0 Å². The van der Waals surface area contributed by atoms with E-state index >= 15 is 0 Å². The Morgan fingerprint density at radius 2 is 1.67 bits per heavy atom. The second-order valence-corrected chi connectivity index (χ2v) is 4.78. The van der Waals surface area contributed by atoms with Gasteiger partial charge in [-0.25, -0.2) is 0 Å². The normalized spacial score (nSPS) is 14.8. The van der Waals surface area contributed by atoms with Crippen LogP contribution in [0.25, 0.3) is 0 Å². The molecule has 0 amide bonds. The molecule has 74 valence electrons. The minimum absolute atomic E-state index is 0.565. The van der Waals surface area contributed by atoms with Crippen LogP contribution in [0.2, 0.25) is 0 Å². The Morgan fingerprint density at radius 3 is 2.00 bits per heavy atom. The van der Waals surface area contributed by atoms with E-state index in [0.717, 1.165) is 5.92 Å². The Bertz CT molecular complexity index is 103. The summed E-state index contributed by atoms with van der Waals surface area (Å²) < 4.78 is 0. The molecule has 1 atom stereocenters. The van der Waals surface area contributed by atoms with Crippen molar-refractivity contribution >= 4 is 0 Å². The molecule has 0 bridgehead atoms. The van der Waals surface area contributed by atoms with Gasteiger partial charge in [0.15, 0.2) is 0 Å². The van der Waals surface area contributed by atoms with E-state index in [4.69, 9.17) is 0 Å². The Kier molecular flexibility index (Phi) is 5.61. The van der Waals surface area contributed by atoms with Crippen LogP contribution in [0.15, 0.2) is 0 Å². The molecule has 0 aliphatic carbocycles. The van der Waals surface area contributed by atoms with Crippen LogP contribution in [0.5, 0.6) is 0 Å². The molecule has 0 aromatic heterocycles. The summed E-state index contributed by atoms with van der Waals surface area (Å²) >= 11 is 0. The summed E-state index contributed by atoms with van der Waals surface area (Å²) in [6.45, 7) is 11.7. The Morgan fingerprint density at radius 1 is 1.08 bits per heavy atom. The fraction of sp³-hybridized carbons (Fsp3) is 1.00. The standard InChI is InChI=1S/C12H26/c1-6-9-11(7-2)10-12(4,5)8-3/h11H,6-10H2,1-5H3. The molecule has 0 saturated heterocycles. The monoisotopic (exact) mass is 170 g/mol. The van der Waals surface area contributed by atoms with Crippen LogP contribution in [-0.2, 0) is 0 Å². The SMILES string of the molecule is CCCC(CC)CC(C)(C)CC. The second kappa shape index (κ2) is 5.61. The van der Waals surface area contributed by atoms with Gasteiger partial charge in [-0.1, -0.05) is 60.3 Å². The van der Waals surface area contributed by atoms with Gasteiger partial charge >= 0.3 is 0 Å². The average Bonchev–Trinajstić information content (AvgIpc) is 2.03. The third-order valence-corrected chi connectivity index (χ3v) is 3.07. The van der Waals surface area contributed by atoms with Gasteiger partial charge in [0.25, 0.3) is 0 Å². The first-order valence-electron chi connectivity index (χ1n) is 5.55. The fourth-order valence-electron chi connectivity index (χ4n) is 1.78. The van der Waals surface area contributed by atoms with Crippen molar-refractivity contribution in [2.75, 3.05) is 0 Å². The van der Waals surface area contributed by atoms with Crippen LogP contribution >= 0.6 is 0 Å². The summed E-state index contributed by atoms with van der Waals surface area (Å²) in [7, 11) is 0. The smallest absolute Gasteiger partial charge is 0.0354 e. The minimum atomic E-state index is 0.565. The number of hydrogen-bond acceptors (Lipinski definition) is 0. The quantitative estimate of drug-likeness (QED) is 0.545. The lowest BCUT2D eigenvalue weighted by Gasteiger charge is -2.27. The van der Waals surface area contributed by atoms with Crippen molar-refractivity contribution in [1.82, 2.24) is 0 Å². The molecule has 0 rings (SSSR count). The second-order valence-electron chi connectivity index (χ2n) is 4.78. The highest BCUT2D eigenvalue weighted by molar-refractivity contribution is 4.71. The Labute approximate surface area is 78.8 Å². The van der Waals surface area contributed by atoms with Gasteiger partial charge in [0.05, 0.1) is 0 Å². The molecule has 0 aliphatic heterocycles. The van der Waals surface area contributed by atoms with Crippen LogP contribution in [0.4, 0.5) is 0 Å². The topological polar surface area (TPSA) is 0 Å². The molecule has 0 radical (unpaired) electrons. The number of hydrogen-bond donors (Lipinski definition) is 0. The molecular weight excluding hydrogens is 144 g/mol.